The van der Waals surface area contributed by atoms with E-state index in [1.807, 2.05) is 12.1 Å². The third-order valence-electron chi connectivity index (χ3n) is 10.5. The van der Waals surface area contributed by atoms with Gasteiger partial charge in [-0.25, -0.2) is 0 Å². The summed E-state index contributed by atoms with van der Waals surface area (Å²) in [6, 6.07) is 13.0. The van der Waals surface area contributed by atoms with Crippen LogP contribution in [0.2, 0.25) is 0 Å². The molecule has 2 heterocycles. The lowest BCUT2D eigenvalue weighted by Gasteiger charge is -2.37. The van der Waals surface area contributed by atoms with Crippen LogP contribution in [0.3, 0.4) is 0 Å². The molecule has 4 unspecified atom stereocenters. The number of amides is 1. The summed E-state index contributed by atoms with van der Waals surface area (Å²) in [4.78, 5) is 33.5. The monoisotopic (exact) mass is 569 g/mol. The van der Waals surface area contributed by atoms with E-state index in [4.69, 9.17) is 4.74 Å². The van der Waals surface area contributed by atoms with Crippen LogP contribution in [0, 0.1) is 11.3 Å². The number of likely N-dealkylation sites (N-methyl/N-ethyl adjacent to an activating group) is 1. The van der Waals surface area contributed by atoms with Crippen molar-refractivity contribution in [3.05, 3.63) is 58.7 Å². The average Bonchev–Trinajstić information content (AvgIpc) is 3.62. The second-order valence-electron chi connectivity index (χ2n) is 13.6. The first-order valence-electron chi connectivity index (χ1n) is 15.9. The molecule has 6 nitrogen and oxygen atoms in total. The predicted octanol–water partition coefficient (Wildman–Crippen LogP) is 6.49. The molecule has 0 radical (unpaired) electrons. The number of aldehydes is 1. The summed E-state index contributed by atoms with van der Waals surface area (Å²) < 4.78 is 5.73. The molecule has 224 valence electrons. The Balaban J connectivity index is 1.52. The molecule has 2 aromatic rings. The molecule has 6 heteroatoms. The van der Waals surface area contributed by atoms with Crippen LogP contribution in [-0.4, -0.2) is 75.4 Å². The highest BCUT2D eigenvalue weighted by Crippen LogP contribution is 2.63. The zero-order valence-corrected chi connectivity index (χ0v) is 26.1. The van der Waals surface area contributed by atoms with Crippen LogP contribution in [0.15, 0.2) is 36.4 Å². The standard InChI is InChI=1S/C36H47N3O3/c1-24-11-14-28(21-37(2)3)39(24)35(41)36-20-33(36)32-19-29(42-5)15-13-27(32)18-31(26-9-7-6-8-10-26)30-16-12-25(22-40)17-34(30)38(4)23-36/h12-13,15-19,22,24,26,28,33H,6-11,14,20-21,23H2,1-5H3/b31-18+. The van der Waals surface area contributed by atoms with Crippen molar-refractivity contribution in [2.75, 3.05) is 46.2 Å². The number of hydrogen-bond donors (Lipinski definition) is 0. The van der Waals surface area contributed by atoms with E-state index in [-0.39, 0.29) is 23.9 Å². The quantitative estimate of drug-likeness (QED) is 0.372. The number of likely N-dealkylation sites (tertiary alicyclic amines) is 1. The first-order chi connectivity index (χ1) is 20.3. The smallest absolute Gasteiger partial charge is 0.231 e. The molecule has 1 amide bonds. The summed E-state index contributed by atoms with van der Waals surface area (Å²) in [6.07, 6.45) is 12.4. The van der Waals surface area contributed by atoms with Gasteiger partial charge < -0.3 is 19.4 Å². The number of benzene rings is 2. The lowest BCUT2D eigenvalue weighted by atomic mass is 9.78. The SMILES string of the molecule is COc1ccc2c(c1)C1CC1(C(=O)N1C(C)CCC1CN(C)C)CN(C)c1cc(C=O)ccc1/C(C1CCCCC1)=C/2. The molecule has 4 aliphatic rings. The Bertz CT molecular complexity index is 1380. The zero-order chi connectivity index (χ0) is 29.6. The van der Waals surface area contributed by atoms with Gasteiger partial charge in [-0.15, -0.1) is 0 Å². The molecular formula is C36H47N3O3. The second-order valence-corrected chi connectivity index (χ2v) is 13.6. The number of hydrogen-bond acceptors (Lipinski definition) is 5. The van der Waals surface area contributed by atoms with Gasteiger partial charge in [0.05, 0.1) is 12.5 Å². The number of methoxy groups -OCH3 is 1. The zero-order valence-electron chi connectivity index (χ0n) is 26.1. The van der Waals surface area contributed by atoms with Crippen molar-refractivity contribution < 1.29 is 14.3 Å². The molecule has 2 saturated carbocycles. The Kier molecular flexibility index (Phi) is 7.95. The minimum absolute atomic E-state index is 0.116. The summed E-state index contributed by atoms with van der Waals surface area (Å²) in [5.41, 5.74) is 6.20. The van der Waals surface area contributed by atoms with Crippen molar-refractivity contribution in [2.24, 2.45) is 11.3 Å². The molecule has 0 spiro atoms. The molecular weight excluding hydrogens is 522 g/mol. The van der Waals surface area contributed by atoms with Crippen molar-refractivity contribution in [1.29, 1.82) is 0 Å². The molecule has 2 aliphatic carbocycles. The van der Waals surface area contributed by atoms with Crippen LogP contribution in [-0.2, 0) is 4.79 Å². The van der Waals surface area contributed by atoms with E-state index < -0.39 is 5.41 Å². The third kappa shape index (κ3) is 5.16. The molecule has 4 atom stereocenters. The number of carbonyl (C=O) groups excluding carboxylic acids is 2. The summed E-state index contributed by atoms with van der Waals surface area (Å²) >= 11 is 0. The van der Waals surface area contributed by atoms with Crippen molar-refractivity contribution in [2.45, 2.75) is 76.3 Å². The summed E-state index contributed by atoms with van der Waals surface area (Å²) in [5.74, 6) is 1.72. The lowest BCUT2D eigenvalue weighted by Crippen LogP contribution is -2.50. The van der Waals surface area contributed by atoms with Gasteiger partial charge in [0.25, 0.3) is 0 Å². The van der Waals surface area contributed by atoms with Gasteiger partial charge in [-0.2, -0.15) is 0 Å². The van der Waals surface area contributed by atoms with Crippen molar-refractivity contribution in [3.63, 3.8) is 0 Å². The topological polar surface area (TPSA) is 53.1 Å². The molecule has 0 aromatic heterocycles. The minimum Gasteiger partial charge on any atom is -0.497 e. The van der Waals surface area contributed by atoms with Gasteiger partial charge in [0.15, 0.2) is 0 Å². The molecule has 1 saturated heterocycles. The van der Waals surface area contributed by atoms with Crippen LogP contribution in [0.1, 0.15) is 91.3 Å². The maximum Gasteiger partial charge on any atom is 0.231 e. The van der Waals surface area contributed by atoms with E-state index >= 15 is 0 Å². The maximum atomic E-state index is 14.9. The van der Waals surface area contributed by atoms with E-state index in [0.29, 0.717) is 18.0 Å². The van der Waals surface area contributed by atoms with Crippen molar-refractivity contribution in [3.8, 4) is 5.75 Å². The Morgan fingerprint density at radius 2 is 1.86 bits per heavy atom. The van der Waals surface area contributed by atoms with Crippen LogP contribution in [0.5, 0.6) is 5.75 Å². The molecule has 0 N–H and O–H groups in total. The molecule has 2 aromatic carbocycles. The molecule has 42 heavy (non-hydrogen) atoms. The summed E-state index contributed by atoms with van der Waals surface area (Å²) in [7, 11) is 8.04. The minimum atomic E-state index is -0.524. The Morgan fingerprint density at radius 1 is 1.07 bits per heavy atom. The number of rotatable bonds is 6. The lowest BCUT2D eigenvalue weighted by molar-refractivity contribution is -0.139. The van der Waals surface area contributed by atoms with Gasteiger partial charge >= 0.3 is 0 Å². The number of fused-ring (bicyclic) bond motifs is 4. The number of ether oxygens (including phenoxy) is 1. The fraction of sp³-hybridized carbons (Fsp3) is 0.556. The van der Waals surface area contributed by atoms with Gasteiger partial charge in [0.2, 0.25) is 5.91 Å². The Labute approximate surface area is 251 Å². The summed E-state index contributed by atoms with van der Waals surface area (Å²) in [5, 5.41) is 0. The molecule has 0 bridgehead atoms. The highest BCUT2D eigenvalue weighted by molar-refractivity contribution is 5.94. The van der Waals surface area contributed by atoms with E-state index in [9.17, 15) is 9.59 Å². The van der Waals surface area contributed by atoms with Crippen molar-refractivity contribution >= 4 is 29.5 Å². The molecule has 3 fully saturated rings. The van der Waals surface area contributed by atoms with Crippen LogP contribution in [0.4, 0.5) is 5.69 Å². The van der Waals surface area contributed by atoms with Gasteiger partial charge in [0, 0.05) is 55.0 Å². The number of anilines is 1. The van der Waals surface area contributed by atoms with Crippen LogP contribution < -0.4 is 9.64 Å². The second kappa shape index (κ2) is 11.5. The van der Waals surface area contributed by atoms with Crippen LogP contribution >= 0.6 is 0 Å². The Hall–Kier alpha value is -3.12. The fourth-order valence-electron chi connectivity index (χ4n) is 8.29. The van der Waals surface area contributed by atoms with E-state index in [1.54, 1.807) is 7.11 Å². The first kappa shape index (κ1) is 29.0. The van der Waals surface area contributed by atoms with Gasteiger partial charge in [-0.1, -0.05) is 43.5 Å². The van der Waals surface area contributed by atoms with Gasteiger partial charge in [0.1, 0.15) is 12.0 Å². The summed E-state index contributed by atoms with van der Waals surface area (Å²) in [6.45, 7) is 3.72. The molecule has 2 aliphatic heterocycles. The van der Waals surface area contributed by atoms with Crippen LogP contribution in [0.25, 0.3) is 11.6 Å². The number of nitrogens with zero attached hydrogens (tertiary/aromatic N) is 3. The Morgan fingerprint density at radius 3 is 2.57 bits per heavy atom. The van der Waals surface area contributed by atoms with E-state index in [2.05, 4.69) is 73.1 Å². The average molecular weight is 570 g/mol. The largest absolute Gasteiger partial charge is 0.497 e. The maximum absolute atomic E-state index is 14.9. The highest BCUT2D eigenvalue weighted by atomic mass is 16.5. The fourth-order valence-corrected chi connectivity index (χ4v) is 8.29. The van der Waals surface area contributed by atoms with E-state index in [0.717, 1.165) is 43.5 Å². The van der Waals surface area contributed by atoms with Gasteiger partial charge in [-0.3, -0.25) is 9.59 Å². The predicted molar refractivity (Wildman–Crippen MR) is 170 cm³/mol. The number of allylic oxidation sites excluding steroid dienone is 1. The first-order valence-corrected chi connectivity index (χ1v) is 15.9. The normalized spacial score (nSPS) is 28.8. The highest BCUT2D eigenvalue weighted by Gasteiger charge is 2.64. The van der Waals surface area contributed by atoms with Crippen molar-refractivity contribution in [1.82, 2.24) is 9.80 Å². The number of carbonyl (C=O) groups is 2. The molecule has 6 rings (SSSR count). The van der Waals surface area contributed by atoms with Gasteiger partial charge in [-0.05, 0) is 93.9 Å². The third-order valence-corrected chi connectivity index (χ3v) is 10.5. The van der Waals surface area contributed by atoms with E-state index in [1.165, 1.54) is 54.4 Å².